The second-order valence-corrected chi connectivity index (χ2v) is 11.3. The summed E-state index contributed by atoms with van der Waals surface area (Å²) in [6.45, 7) is 4.41. The average molecular weight is 501 g/mol. The molecular weight excluding hydrogens is 472 g/mol. The molecule has 0 spiro atoms. The number of carboxylic acids is 1. The van der Waals surface area contributed by atoms with Gasteiger partial charge in [0.05, 0.1) is 11.3 Å². The third-order valence-corrected chi connectivity index (χ3v) is 9.04. The minimum Gasteiger partial charge on any atom is -0.487 e. The van der Waals surface area contributed by atoms with Crippen LogP contribution in [0.25, 0.3) is 0 Å². The number of carboxylic acid groups (broad SMARTS) is 1. The van der Waals surface area contributed by atoms with Gasteiger partial charge in [-0.15, -0.1) is 11.3 Å². The predicted molar refractivity (Wildman–Crippen MR) is 132 cm³/mol. The van der Waals surface area contributed by atoms with Crippen LogP contribution in [-0.2, 0) is 29.5 Å². The van der Waals surface area contributed by atoms with Gasteiger partial charge in [0.25, 0.3) is 10.0 Å². The molecule has 1 aliphatic carbocycles. The standard InChI is InChI=1S/C25H28N2O5S2/c1-3-4-11-27(34(30,31)25-26-10-12-33-25)22-14-18-6-5-7-19(18)15-23(22)32-16-21-9-8-20(24(28)29)13-17(21)2/h8-10,12-15H,3-7,11,16H2,1-2H3,(H,28,29). The van der Waals surface area contributed by atoms with Gasteiger partial charge in [-0.2, -0.15) is 8.42 Å². The number of carbonyl (C=O) groups is 1. The van der Waals surface area contributed by atoms with Gasteiger partial charge in [-0.25, -0.2) is 9.78 Å². The lowest BCUT2D eigenvalue weighted by Gasteiger charge is -2.26. The molecule has 4 rings (SSSR count). The van der Waals surface area contributed by atoms with Crippen LogP contribution in [0.15, 0.2) is 46.2 Å². The summed E-state index contributed by atoms with van der Waals surface area (Å²) in [5.41, 5.74) is 4.74. The molecular formula is C25H28N2O5S2. The molecule has 0 amide bonds. The number of thiazole rings is 1. The van der Waals surface area contributed by atoms with Crippen molar-refractivity contribution in [3.63, 3.8) is 0 Å². The molecule has 0 saturated heterocycles. The number of aromatic carboxylic acids is 1. The van der Waals surface area contributed by atoms with Crippen molar-refractivity contribution in [2.24, 2.45) is 0 Å². The fraction of sp³-hybridized carbons (Fsp3) is 0.360. The van der Waals surface area contributed by atoms with Crippen molar-refractivity contribution in [3.8, 4) is 5.75 Å². The van der Waals surface area contributed by atoms with Crippen molar-refractivity contribution in [3.05, 3.63) is 69.7 Å². The van der Waals surface area contributed by atoms with Crippen LogP contribution in [0.1, 0.15) is 58.8 Å². The van der Waals surface area contributed by atoms with Gasteiger partial charge in [0.2, 0.25) is 4.34 Å². The number of benzene rings is 2. The summed E-state index contributed by atoms with van der Waals surface area (Å²) in [4.78, 5) is 15.3. The molecule has 0 radical (unpaired) electrons. The van der Waals surface area contributed by atoms with Gasteiger partial charge >= 0.3 is 5.97 Å². The summed E-state index contributed by atoms with van der Waals surface area (Å²) >= 11 is 1.10. The van der Waals surface area contributed by atoms with E-state index < -0.39 is 16.0 Å². The van der Waals surface area contributed by atoms with Crippen molar-refractivity contribution in [2.45, 2.75) is 56.9 Å². The Morgan fingerprint density at radius 2 is 1.97 bits per heavy atom. The fourth-order valence-electron chi connectivity index (χ4n) is 4.15. The summed E-state index contributed by atoms with van der Waals surface area (Å²) in [6.07, 6.45) is 5.93. The minimum absolute atomic E-state index is 0.0650. The van der Waals surface area contributed by atoms with Crippen molar-refractivity contribution >= 4 is 33.0 Å². The second kappa shape index (κ2) is 10.1. The third-order valence-electron chi connectivity index (χ3n) is 6.05. The van der Waals surface area contributed by atoms with Crippen molar-refractivity contribution in [1.29, 1.82) is 0 Å². The maximum Gasteiger partial charge on any atom is 0.335 e. The number of anilines is 1. The van der Waals surface area contributed by atoms with Crippen LogP contribution in [-0.4, -0.2) is 31.0 Å². The van der Waals surface area contributed by atoms with Crippen LogP contribution in [0.5, 0.6) is 5.75 Å². The highest BCUT2D eigenvalue weighted by Gasteiger charge is 2.30. The molecule has 1 heterocycles. The number of nitrogens with zero attached hydrogens (tertiary/aromatic N) is 2. The Hall–Kier alpha value is -2.91. The Balaban J connectivity index is 1.72. The first kappa shape index (κ1) is 24.2. The Labute approximate surface area is 204 Å². The lowest BCUT2D eigenvalue weighted by atomic mass is 10.1. The zero-order chi connectivity index (χ0) is 24.3. The molecule has 0 fully saturated rings. The number of hydrogen-bond acceptors (Lipinski definition) is 6. The van der Waals surface area contributed by atoms with E-state index in [2.05, 4.69) is 4.98 Å². The van der Waals surface area contributed by atoms with E-state index in [9.17, 15) is 18.3 Å². The molecule has 0 saturated carbocycles. The summed E-state index contributed by atoms with van der Waals surface area (Å²) in [5, 5.41) is 10.9. The number of ether oxygens (including phenoxy) is 1. The van der Waals surface area contributed by atoms with Crippen LogP contribution in [0.2, 0.25) is 0 Å². The smallest absolute Gasteiger partial charge is 0.335 e. The molecule has 2 aromatic carbocycles. The maximum absolute atomic E-state index is 13.5. The van der Waals surface area contributed by atoms with E-state index in [1.54, 1.807) is 23.6 Å². The van der Waals surface area contributed by atoms with Crippen LogP contribution in [0, 0.1) is 6.92 Å². The molecule has 1 aromatic heterocycles. The van der Waals surface area contributed by atoms with E-state index in [1.165, 1.54) is 16.1 Å². The molecule has 180 valence electrons. The van der Waals surface area contributed by atoms with E-state index in [0.29, 0.717) is 24.4 Å². The molecule has 0 bridgehead atoms. The lowest BCUT2D eigenvalue weighted by Crippen LogP contribution is -2.32. The van der Waals surface area contributed by atoms with E-state index in [4.69, 9.17) is 4.74 Å². The summed E-state index contributed by atoms with van der Waals surface area (Å²) < 4.78 is 34.8. The number of aryl methyl sites for hydroxylation is 3. The van der Waals surface area contributed by atoms with E-state index in [1.807, 2.05) is 26.0 Å². The quantitative estimate of drug-likeness (QED) is 0.410. The zero-order valence-corrected chi connectivity index (χ0v) is 20.9. The highest BCUT2D eigenvalue weighted by Crippen LogP contribution is 2.39. The van der Waals surface area contributed by atoms with E-state index in [0.717, 1.165) is 53.7 Å². The number of unbranched alkanes of at least 4 members (excludes halogenated alkanes) is 1. The highest BCUT2D eigenvalue weighted by atomic mass is 32.2. The number of aromatic nitrogens is 1. The monoisotopic (exact) mass is 500 g/mol. The summed E-state index contributed by atoms with van der Waals surface area (Å²) in [5.74, 6) is -0.464. The normalized spacial score (nSPS) is 13.0. The van der Waals surface area contributed by atoms with Crippen molar-refractivity contribution < 1.29 is 23.1 Å². The molecule has 0 aliphatic heterocycles. The van der Waals surface area contributed by atoms with Crippen LogP contribution in [0.3, 0.4) is 0 Å². The van der Waals surface area contributed by atoms with Gasteiger partial charge in [0.1, 0.15) is 12.4 Å². The summed E-state index contributed by atoms with van der Waals surface area (Å²) in [7, 11) is -3.83. The average Bonchev–Trinajstić information content (AvgIpc) is 3.50. The number of rotatable bonds is 10. The lowest BCUT2D eigenvalue weighted by molar-refractivity contribution is 0.0696. The minimum atomic E-state index is -3.83. The third kappa shape index (κ3) is 4.95. The van der Waals surface area contributed by atoms with Crippen LogP contribution < -0.4 is 9.04 Å². The van der Waals surface area contributed by atoms with Gasteiger partial charge in [-0.3, -0.25) is 4.31 Å². The fourth-order valence-corrected chi connectivity index (χ4v) is 6.59. The van der Waals surface area contributed by atoms with E-state index in [-0.39, 0.29) is 16.5 Å². The molecule has 34 heavy (non-hydrogen) atoms. The van der Waals surface area contributed by atoms with Gasteiger partial charge in [0.15, 0.2) is 0 Å². The Morgan fingerprint density at radius 1 is 1.21 bits per heavy atom. The van der Waals surface area contributed by atoms with E-state index >= 15 is 0 Å². The first-order chi connectivity index (χ1) is 16.3. The molecule has 7 nitrogen and oxygen atoms in total. The highest BCUT2D eigenvalue weighted by molar-refractivity contribution is 7.94. The van der Waals surface area contributed by atoms with Crippen LogP contribution in [0.4, 0.5) is 5.69 Å². The molecule has 9 heteroatoms. The number of sulfonamides is 1. The second-order valence-electron chi connectivity index (χ2n) is 8.41. The Kier molecular flexibility index (Phi) is 7.23. The topological polar surface area (TPSA) is 96.8 Å². The van der Waals surface area contributed by atoms with Gasteiger partial charge in [0, 0.05) is 18.1 Å². The molecule has 1 N–H and O–H groups in total. The van der Waals surface area contributed by atoms with Crippen molar-refractivity contribution in [2.75, 3.05) is 10.8 Å². The van der Waals surface area contributed by atoms with Crippen molar-refractivity contribution in [1.82, 2.24) is 4.98 Å². The Bertz CT molecular complexity index is 1290. The Morgan fingerprint density at radius 3 is 2.62 bits per heavy atom. The van der Waals surface area contributed by atoms with Gasteiger partial charge < -0.3 is 9.84 Å². The number of hydrogen-bond donors (Lipinski definition) is 1. The molecule has 3 aromatic rings. The maximum atomic E-state index is 13.5. The zero-order valence-electron chi connectivity index (χ0n) is 19.3. The van der Waals surface area contributed by atoms with Gasteiger partial charge in [-0.05, 0) is 79.1 Å². The summed E-state index contributed by atoms with van der Waals surface area (Å²) in [6, 6.07) is 8.84. The molecule has 0 atom stereocenters. The van der Waals surface area contributed by atoms with Crippen LogP contribution >= 0.6 is 11.3 Å². The number of fused-ring (bicyclic) bond motifs is 1. The molecule has 1 aliphatic rings. The first-order valence-corrected chi connectivity index (χ1v) is 13.7. The van der Waals surface area contributed by atoms with Gasteiger partial charge in [-0.1, -0.05) is 19.4 Å². The SMILES string of the molecule is CCCCN(c1cc2c(cc1OCc1ccc(C(=O)O)cc1C)CCC2)S(=O)(=O)c1nccs1. The first-order valence-electron chi connectivity index (χ1n) is 11.3. The molecule has 0 unspecified atom stereocenters. The predicted octanol–water partition coefficient (Wildman–Crippen LogP) is 5.21. The largest absolute Gasteiger partial charge is 0.487 e.